The number of nitrogens with zero attached hydrogens (tertiary/aromatic N) is 2. The maximum atomic E-state index is 12.5. The molecule has 1 atom stereocenters. The normalized spacial score (nSPS) is 12.6. The van der Waals surface area contributed by atoms with Crippen LogP contribution in [0.5, 0.6) is 0 Å². The molecule has 3 rings (SSSR count). The molecule has 0 aromatic carbocycles. The number of hydrogen-bond donors (Lipinski definition) is 5. The summed E-state index contributed by atoms with van der Waals surface area (Å²) >= 11 is 0. The van der Waals surface area contributed by atoms with Gasteiger partial charge >= 0.3 is 12.2 Å². The molecule has 1 unspecified atom stereocenters. The van der Waals surface area contributed by atoms with Crippen molar-refractivity contribution in [2.75, 3.05) is 17.2 Å². The highest BCUT2D eigenvalue weighted by Gasteiger charge is 2.30. The van der Waals surface area contributed by atoms with Gasteiger partial charge in [0.15, 0.2) is 0 Å². The predicted molar refractivity (Wildman–Crippen MR) is 128 cm³/mol. The largest absolute Gasteiger partial charge is 0.405 e. The standard InChI is InChI=1S/C23H28F3N7O2/c1-12(2)19(21(34)30-11-23(24,25)26)32-15-5-14(7-27-8-15)18-10-29-20-17(18)6-16(9-28-20)33-22(35)31-13(3)4/h5-10,12-13,19,32H,11H2,1-4H3,(H,28,29)(H,30,34)(H2,31,33,35). The molecule has 0 aliphatic heterocycles. The molecule has 12 heteroatoms. The van der Waals surface area contributed by atoms with E-state index in [2.05, 4.69) is 30.9 Å². The Morgan fingerprint density at radius 3 is 2.46 bits per heavy atom. The summed E-state index contributed by atoms with van der Waals surface area (Å²) < 4.78 is 37.6. The van der Waals surface area contributed by atoms with Gasteiger partial charge in [0.25, 0.3) is 0 Å². The van der Waals surface area contributed by atoms with Crippen molar-refractivity contribution in [2.45, 2.75) is 46.0 Å². The average molecular weight is 492 g/mol. The minimum Gasteiger partial charge on any atom is -0.372 e. The molecule has 3 heterocycles. The Morgan fingerprint density at radius 1 is 1.06 bits per heavy atom. The van der Waals surface area contributed by atoms with Crippen molar-refractivity contribution in [1.82, 2.24) is 25.6 Å². The van der Waals surface area contributed by atoms with Crippen molar-refractivity contribution in [3.8, 4) is 11.1 Å². The fourth-order valence-electron chi connectivity index (χ4n) is 3.42. The van der Waals surface area contributed by atoms with Crippen molar-refractivity contribution in [3.63, 3.8) is 0 Å². The number of halogens is 3. The molecule has 35 heavy (non-hydrogen) atoms. The molecule has 0 fully saturated rings. The monoisotopic (exact) mass is 491 g/mol. The first kappa shape index (κ1) is 25.8. The van der Waals surface area contributed by atoms with Crippen molar-refractivity contribution in [3.05, 3.63) is 36.9 Å². The van der Waals surface area contributed by atoms with E-state index >= 15 is 0 Å². The number of fused-ring (bicyclic) bond motifs is 1. The second kappa shape index (κ2) is 10.6. The highest BCUT2D eigenvalue weighted by Crippen LogP contribution is 2.30. The van der Waals surface area contributed by atoms with Crippen LogP contribution in [0.25, 0.3) is 22.2 Å². The van der Waals surface area contributed by atoms with Crippen LogP contribution in [0.15, 0.2) is 36.9 Å². The number of carbonyl (C=O) groups excluding carboxylic acids is 2. The fourth-order valence-corrected chi connectivity index (χ4v) is 3.42. The van der Waals surface area contributed by atoms with Crippen molar-refractivity contribution >= 4 is 34.3 Å². The second-order valence-corrected chi connectivity index (χ2v) is 8.74. The number of nitrogens with one attached hydrogen (secondary N) is 5. The van der Waals surface area contributed by atoms with Crippen molar-refractivity contribution in [1.29, 1.82) is 0 Å². The molecule has 0 aliphatic carbocycles. The zero-order valence-electron chi connectivity index (χ0n) is 19.7. The lowest BCUT2D eigenvalue weighted by Crippen LogP contribution is -2.46. The Hall–Kier alpha value is -3.83. The van der Waals surface area contributed by atoms with Gasteiger partial charge in [0, 0.05) is 41.1 Å². The van der Waals surface area contributed by atoms with E-state index < -0.39 is 24.7 Å². The van der Waals surface area contributed by atoms with Gasteiger partial charge < -0.3 is 26.3 Å². The third-order valence-corrected chi connectivity index (χ3v) is 4.99. The number of amides is 3. The maximum absolute atomic E-state index is 12.5. The summed E-state index contributed by atoms with van der Waals surface area (Å²) in [5, 5.41) is 11.1. The minimum absolute atomic E-state index is 0.0268. The Kier molecular flexibility index (Phi) is 7.82. The predicted octanol–water partition coefficient (Wildman–Crippen LogP) is 4.27. The zero-order valence-corrected chi connectivity index (χ0v) is 19.7. The highest BCUT2D eigenvalue weighted by molar-refractivity contribution is 5.98. The summed E-state index contributed by atoms with van der Waals surface area (Å²) in [5.74, 6) is -1.04. The molecular weight excluding hydrogens is 463 g/mol. The average Bonchev–Trinajstić information content (AvgIpc) is 3.18. The molecule has 188 valence electrons. The Morgan fingerprint density at radius 2 is 1.80 bits per heavy atom. The van der Waals surface area contributed by atoms with Crippen LogP contribution < -0.4 is 21.3 Å². The van der Waals surface area contributed by atoms with Gasteiger partial charge in [-0.15, -0.1) is 0 Å². The lowest BCUT2D eigenvalue weighted by Gasteiger charge is -2.23. The summed E-state index contributed by atoms with van der Waals surface area (Å²) in [6.45, 7) is 5.77. The Labute approximate surface area is 200 Å². The lowest BCUT2D eigenvalue weighted by atomic mass is 10.0. The minimum atomic E-state index is -4.49. The molecule has 3 aromatic heterocycles. The number of alkyl halides is 3. The van der Waals surface area contributed by atoms with Gasteiger partial charge in [0.2, 0.25) is 5.91 Å². The molecule has 0 aliphatic rings. The molecular formula is C23H28F3N7O2. The zero-order chi connectivity index (χ0) is 25.8. The van der Waals surface area contributed by atoms with Crippen LogP contribution in [0.2, 0.25) is 0 Å². The molecule has 3 amide bonds. The number of anilines is 2. The smallest absolute Gasteiger partial charge is 0.372 e. The summed E-state index contributed by atoms with van der Waals surface area (Å²) in [4.78, 5) is 36.0. The molecule has 0 saturated carbocycles. The third-order valence-electron chi connectivity index (χ3n) is 4.99. The van der Waals surface area contributed by atoms with E-state index in [0.717, 1.165) is 10.9 Å². The second-order valence-electron chi connectivity index (χ2n) is 8.74. The first-order valence-corrected chi connectivity index (χ1v) is 11.0. The summed E-state index contributed by atoms with van der Waals surface area (Å²) in [6.07, 6.45) is 1.89. The van der Waals surface area contributed by atoms with E-state index in [9.17, 15) is 22.8 Å². The SMILES string of the molecule is CC(C)NC(=O)Nc1cnc2[nH]cc(-c3cncc(NC(C(=O)NCC(F)(F)F)C(C)C)c3)c2c1. The van der Waals surface area contributed by atoms with Gasteiger partial charge in [-0.2, -0.15) is 13.2 Å². The van der Waals surface area contributed by atoms with Gasteiger partial charge in [-0.3, -0.25) is 9.78 Å². The first-order valence-electron chi connectivity index (χ1n) is 11.0. The number of rotatable bonds is 8. The Balaban J connectivity index is 1.83. The Bertz CT molecular complexity index is 1190. The summed E-state index contributed by atoms with van der Waals surface area (Å²) in [5.41, 5.74) is 3.00. The molecule has 0 spiro atoms. The number of pyridine rings is 2. The molecule has 3 aromatic rings. The van der Waals surface area contributed by atoms with Gasteiger partial charge in [-0.25, -0.2) is 9.78 Å². The van der Waals surface area contributed by atoms with Crippen molar-refractivity contribution in [2.24, 2.45) is 5.92 Å². The van der Waals surface area contributed by atoms with E-state index in [-0.39, 0.29) is 18.0 Å². The first-order chi connectivity index (χ1) is 16.4. The number of carbonyl (C=O) groups is 2. The third kappa shape index (κ3) is 7.08. The molecule has 9 nitrogen and oxygen atoms in total. The molecule has 5 N–H and O–H groups in total. The number of aromatic amines is 1. The topological polar surface area (TPSA) is 124 Å². The van der Waals surface area contributed by atoms with Crippen LogP contribution in [0.3, 0.4) is 0 Å². The van der Waals surface area contributed by atoms with E-state index in [1.807, 2.05) is 19.2 Å². The lowest BCUT2D eigenvalue weighted by molar-refractivity contribution is -0.139. The number of H-pyrrole nitrogens is 1. The van der Waals surface area contributed by atoms with E-state index in [1.54, 1.807) is 38.4 Å². The van der Waals surface area contributed by atoms with Crippen LogP contribution >= 0.6 is 0 Å². The fraction of sp³-hybridized carbons (Fsp3) is 0.391. The van der Waals surface area contributed by atoms with Gasteiger partial charge in [-0.1, -0.05) is 13.8 Å². The van der Waals surface area contributed by atoms with Crippen molar-refractivity contribution < 1.29 is 22.8 Å². The van der Waals surface area contributed by atoms with Crippen LogP contribution in [0, 0.1) is 5.92 Å². The van der Waals surface area contributed by atoms with Crippen LogP contribution in [-0.2, 0) is 4.79 Å². The number of urea groups is 1. The van der Waals surface area contributed by atoms with Crippen LogP contribution in [-0.4, -0.2) is 51.7 Å². The van der Waals surface area contributed by atoms with E-state index in [4.69, 9.17) is 0 Å². The molecule has 0 radical (unpaired) electrons. The van der Waals surface area contributed by atoms with Gasteiger partial charge in [0.05, 0.1) is 17.6 Å². The molecule has 0 saturated heterocycles. The number of aromatic nitrogens is 3. The van der Waals surface area contributed by atoms with E-state index in [1.165, 1.54) is 12.4 Å². The highest BCUT2D eigenvalue weighted by atomic mass is 19.4. The van der Waals surface area contributed by atoms with E-state index in [0.29, 0.717) is 22.6 Å². The summed E-state index contributed by atoms with van der Waals surface area (Å²) in [7, 11) is 0. The quantitative estimate of drug-likeness (QED) is 0.322. The van der Waals surface area contributed by atoms with Gasteiger partial charge in [-0.05, 0) is 31.9 Å². The number of hydrogen-bond acceptors (Lipinski definition) is 5. The van der Waals surface area contributed by atoms with Crippen LogP contribution in [0.4, 0.5) is 29.3 Å². The molecule has 0 bridgehead atoms. The maximum Gasteiger partial charge on any atom is 0.405 e. The van der Waals surface area contributed by atoms with Gasteiger partial charge in [0.1, 0.15) is 18.2 Å². The van der Waals surface area contributed by atoms with Crippen LogP contribution in [0.1, 0.15) is 27.7 Å². The summed E-state index contributed by atoms with van der Waals surface area (Å²) in [6, 6.07) is 2.24.